The fourth-order valence-electron chi connectivity index (χ4n) is 2.69. The van der Waals surface area contributed by atoms with Gasteiger partial charge in [-0.25, -0.2) is 0 Å². The van der Waals surface area contributed by atoms with Crippen LogP contribution in [-0.4, -0.2) is 46.0 Å². The molecule has 0 saturated carbocycles. The third-order valence-corrected chi connectivity index (χ3v) is 6.20. The second-order valence-electron chi connectivity index (χ2n) is 5.75. The molecule has 146 valence electrons. The highest BCUT2D eigenvalue weighted by atomic mass is 32.2. The van der Waals surface area contributed by atoms with Crippen molar-refractivity contribution in [1.29, 1.82) is 0 Å². The molecule has 9 N–H and O–H groups in total. The number of hydrogen-bond acceptors (Lipinski definition) is 9. The van der Waals surface area contributed by atoms with Crippen LogP contribution in [0, 0.1) is 0 Å². The summed E-state index contributed by atoms with van der Waals surface area (Å²) < 4.78 is 0. The number of aromatic hydroxyl groups is 9. The predicted molar refractivity (Wildman–Crippen MR) is 96.5 cm³/mol. The maximum atomic E-state index is 10.3. The smallest absolute Gasteiger partial charge is 0.250 e. The Balaban J connectivity index is 2.45. The van der Waals surface area contributed by atoms with E-state index < -0.39 is 62.6 Å². The first-order valence-electron chi connectivity index (χ1n) is 7.59. The Morgan fingerprint density at radius 1 is 0.357 bits per heavy atom. The van der Waals surface area contributed by atoms with Crippen LogP contribution in [-0.2, 0) is 10.9 Å². The van der Waals surface area contributed by atoms with Crippen LogP contribution in [0.5, 0.6) is 51.7 Å². The number of benzene rings is 3. The molecule has 0 radical (unpaired) electrons. The van der Waals surface area contributed by atoms with Gasteiger partial charge in [0, 0.05) is 36.4 Å². The highest BCUT2D eigenvalue weighted by molar-refractivity contribution is 7.97. The number of hydrogen-bond donors (Lipinski definition) is 9. The summed E-state index contributed by atoms with van der Waals surface area (Å²) in [5.74, 6) is -5.46. The minimum absolute atomic E-state index is 0.356. The molecule has 3 aromatic carbocycles. The molecule has 0 aliphatic heterocycles. The molecular weight excluding hydrogens is 392 g/mol. The molecule has 0 saturated heterocycles. The monoisotopic (exact) mass is 407 g/mol. The van der Waals surface area contributed by atoms with Gasteiger partial charge in [-0.2, -0.15) is 0 Å². The highest BCUT2D eigenvalue weighted by Crippen LogP contribution is 2.53. The summed E-state index contributed by atoms with van der Waals surface area (Å²) in [5, 5.41) is 90.5. The minimum atomic E-state index is -1.94. The molecule has 28 heavy (non-hydrogen) atoms. The lowest BCUT2D eigenvalue weighted by Gasteiger charge is -2.15. The van der Waals surface area contributed by atoms with E-state index in [1.54, 1.807) is 0 Å². The number of rotatable bonds is 3. The van der Waals surface area contributed by atoms with E-state index >= 15 is 0 Å². The Labute approximate surface area is 160 Å². The van der Waals surface area contributed by atoms with Gasteiger partial charge in [0.1, 0.15) is 28.1 Å². The normalized spacial score (nSPS) is 11.0. The topological polar surface area (TPSA) is 182 Å². The summed E-state index contributed by atoms with van der Waals surface area (Å²) in [5.41, 5.74) is 0. The van der Waals surface area contributed by atoms with Gasteiger partial charge in [0.05, 0.1) is 0 Å². The number of phenols is 9. The van der Waals surface area contributed by atoms with E-state index in [2.05, 4.69) is 0 Å². The van der Waals surface area contributed by atoms with Gasteiger partial charge < -0.3 is 46.0 Å². The quantitative estimate of drug-likeness (QED) is 0.294. The third kappa shape index (κ3) is 3.16. The van der Waals surface area contributed by atoms with Gasteiger partial charge >= 0.3 is 0 Å². The first-order chi connectivity index (χ1) is 13.1. The van der Waals surface area contributed by atoms with Gasteiger partial charge in [-0.1, -0.05) is 0 Å². The lowest BCUT2D eigenvalue weighted by Crippen LogP contribution is -2.07. The molecule has 0 aliphatic rings. The summed E-state index contributed by atoms with van der Waals surface area (Å²) >= 11 is 0. The van der Waals surface area contributed by atoms with Gasteiger partial charge in [-0.15, -0.1) is 0 Å². The maximum Gasteiger partial charge on any atom is 0.250 e. The van der Waals surface area contributed by atoms with Crippen LogP contribution in [0.3, 0.4) is 0 Å². The molecular formula is C18H15O9S+. The van der Waals surface area contributed by atoms with Crippen molar-refractivity contribution in [3.8, 4) is 51.7 Å². The molecule has 9 nitrogen and oxygen atoms in total. The second kappa shape index (κ2) is 6.74. The summed E-state index contributed by atoms with van der Waals surface area (Å²) in [6.07, 6.45) is 0. The molecule has 0 unspecified atom stereocenters. The average Bonchev–Trinajstić information content (AvgIpc) is 2.51. The molecule has 0 amide bonds. The van der Waals surface area contributed by atoms with Crippen molar-refractivity contribution in [3.05, 3.63) is 36.4 Å². The van der Waals surface area contributed by atoms with E-state index in [1.807, 2.05) is 0 Å². The fraction of sp³-hybridized carbons (Fsp3) is 0. The van der Waals surface area contributed by atoms with Gasteiger partial charge in [0.25, 0.3) is 0 Å². The Bertz CT molecular complexity index is 875. The third-order valence-electron chi connectivity index (χ3n) is 3.72. The molecule has 0 atom stereocenters. The molecule has 10 heteroatoms. The molecule has 0 fully saturated rings. The van der Waals surface area contributed by atoms with Crippen LogP contribution in [0.25, 0.3) is 0 Å². The Hall–Kier alpha value is -3.79. The van der Waals surface area contributed by atoms with Crippen LogP contribution >= 0.6 is 0 Å². The molecule has 0 aliphatic carbocycles. The zero-order valence-electron chi connectivity index (χ0n) is 13.9. The van der Waals surface area contributed by atoms with E-state index in [0.29, 0.717) is 0 Å². The summed E-state index contributed by atoms with van der Waals surface area (Å²) in [6, 6.07) is 5.24. The van der Waals surface area contributed by atoms with E-state index in [1.165, 1.54) is 0 Å². The molecule has 0 heterocycles. The first-order valence-corrected chi connectivity index (χ1v) is 8.81. The molecule has 0 aromatic heterocycles. The van der Waals surface area contributed by atoms with Gasteiger partial charge in [-0.05, 0) is 0 Å². The molecule has 0 bridgehead atoms. The maximum absolute atomic E-state index is 10.3. The van der Waals surface area contributed by atoms with Crippen LogP contribution in [0.1, 0.15) is 0 Å². The first kappa shape index (κ1) is 19.0. The van der Waals surface area contributed by atoms with Crippen LogP contribution < -0.4 is 0 Å². The second-order valence-corrected chi connectivity index (χ2v) is 7.58. The van der Waals surface area contributed by atoms with E-state index in [4.69, 9.17) is 0 Å². The molecule has 3 rings (SSSR count). The van der Waals surface area contributed by atoms with Crippen molar-refractivity contribution in [3.63, 3.8) is 0 Å². The van der Waals surface area contributed by atoms with Crippen molar-refractivity contribution in [2.45, 2.75) is 14.7 Å². The minimum Gasteiger partial charge on any atom is -0.508 e. The lowest BCUT2D eigenvalue weighted by atomic mass is 10.3. The summed E-state index contributed by atoms with van der Waals surface area (Å²) in [4.78, 5) is -1.07. The SMILES string of the molecule is Oc1cc(O)c([S+](c2c(O)cc(O)cc2O)c2c(O)cc(O)cc2O)c(O)c1. The lowest BCUT2D eigenvalue weighted by molar-refractivity contribution is 0.403. The molecule has 3 aromatic rings. The number of phenolic OH excluding ortho intramolecular Hbond substituents is 9. The Morgan fingerprint density at radius 2 is 0.536 bits per heavy atom. The summed E-state index contributed by atoms with van der Waals surface area (Å²) in [7, 11) is -1.94. The van der Waals surface area contributed by atoms with Crippen LogP contribution in [0.2, 0.25) is 0 Å². The van der Waals surface area contributed by atoms with Crippen LogP contribution in [0.15, 0.2) is 51.1 Å². The Morgan fingerprint density at radius 3 is 0.714 bits per heavy atom. The summed E-state index contributed by atoms with van der Waals surface area (Å²) in [6.45, 7) is 0. The van der Waals surface area contributed by atoms with Gasteiger partial charge in [0.2, 0.25) is 14.7 Å². The largest absolute Gasteiger partial charge is 0.508 e. The van der Waals surface area contributed by atoms with E-state index in [9.17, 15) is 46.0 Å². The van der Waals surface area contributed by atoms with Crippen molar-refractivity contribution in [2.75, 3.05) is 0 Å². The van der Waals surface area contributed by atoms with Crippen molar-refractivity contribution < 1.29 is 46.0 Å². The van der Waals surface area contributed by atoms with Crippen molar-refractivity contribution in [2.24, 2.45) is 0 Å². The highest BCUT2D eigenvalue weighted by Gasteiger charge is 2.44. The van der Waals surface area contributed by atoms with E-state index in [-0.39, 0.29) is 14.7 Å². The zero-order chi connectivity index (χ0) is 20.7. The van der Waals surface area contributed by atoms with Gasteiger partial charge in [0.15, 0.2) is 34.5 Å². The fourth-order valence-corrected chi connectivity index (χ4v) is 4.91. The van der Waals surface area contributed by atoms with Crippen LogP contribution in [0.4, 0.5) is 0 Å². The van der Waals surface area contributed by atoms with Gasteiger partial charge in [-0.3, -0.25) is 0 Å². The standard InChI is InChI=1S/C18H14O9S/c19-7-1-10(22)16(11(23)2-7)28(17-12(24)3-8(20)4-13(17)25)18-14(26)5-9(21)6-15(18)27/h1-6H,(H8-,19,20,21,22,23,24,25,26,27)/p+1. The van der Waals surface area contributed by atoms with Crippen molar-refractivity contribution in [1.82, 2.24) is 0 Å². The zero-order valence-corrected chi connectivity index (χ0v) is 14.7. The molecule has 0 spiro atoms. The van der Waals surface area contributed by atoms with E-state index in [0.717, 1.165) is 36.4 Å². The Kier molecular flexibility index (Phi) is 4.57. The van der Waals surface area contributed by atoms with Crippen molar-refractivity contribution >= 4 is 10.9 Å². The predicted octanol–water partition coefficient (Wildman–Crippen LogP) is 2.13. The average molecular weight is 407 g/mol.